The monoisotopic (exact) mass is 200 g/mol. The van der Waals surface area contributed by atoms with Gasteiger partial charge in [0.2, 0.25) is 0 Å². The highest BCUT2D eigenvalue weighted by molar-refractivity contribution is 6.08. The number of para-hydroxylation sites is 1. The SMILES string of the molecule is CN(C(=O)C#N)c1coc2ccccc12. The van der Waals surface area contributed by atoms with Crippen LogP contribution in [-0.2, 0) is 4.79 Å². The third-order valence-electron chi connectivity index (χ3n) is 2.22. The van der Waals surface area contributed by atoms with E-state index in [2.05, 4.69) is 0 Å². The van der Waals surface area contributed by atoms with E-state index in [1.54, 1.807) is 13.1 Å². The normalized spacial score (nSPS) is 9.87. The number of fused-ring (bicyclic) bond motifs is 1. The third-order valence-corrected chi connectivity index (χ3v) is 2.22. The first-order valence-electron chi connectivity index (χ1n) is 4.38. The third kappa shape index (κ3) is 1.44. The first-order valence-corrected chi connectivity index (χ1v) is 4.38. The molecule has 0 bridgehead atoms. The number of carbonyl (C=O) groups excluding carboxylic acids is 1. The van der Waals surface area contributed by atoms with Crippen LogP contribution < -0.4 is 4.90 Å². The zero-order chi connectivity index (χ0) is 10.8. The van der Waals surface area contributed by atoms with Crippen molar-refractivity contribution in [2.45, 2.75) is 0 Å². The molecule has 0 radical (unpaired) electrons. The number of benzene rings is 1. The zero-order valence-electron chi connectivity index (χ0n) is 8.10. The molecule has 15 heavy (non-hydrogen) atoms. The van der Waals surface area contributed by atoms with Gasteiger partial charge in [-0.25, -0.2) is 0 Å². The van der Waals surface area contributed by atoms with Crippen molar-refractivity contribution in [1.82, 2.24) is 0 Å². The van der Waals surface area contributed by atoms with Crippen molar-refractivity contribution in [3.8, 4) is 6.07 Å². The number of hydrogen-bond donors (Lipinski definition) is 0. The van der Waals surface area contributed by atoms with Gasteiger partial charge in [0.15, 0.2) is 6.07 Å². The lowest BCUT2D eigenvalue weighted by Crippen LogP contribution is -2.23. The molecule has 0 saturated heterocycles. The summed E-state index contributed by atoms with van der Waals surface area (Å²) in [5.74, 6) is -0.610. The second-order valence-electron chi connectivity index (χ2n) is 3.09. The molecule has 2 aromatic rings. The number of carbonyl (C=O) groups is 1. The lowest BCUT2D eigenvalue weighted by atomic mass is 10.2. The molecule has 0 saturated carbocycles. The van der Waals surface area contributed by atoms with Crippen LogP contribution in [-0.4, -0.2) is 13.0 Å². The van der Waals surface area contributed by atoms with Gasteiger partial charge in [0, 0.05) is 12.4 Å². The molecular formula is C11H8N2O2. The molecule has 4 heteroatoms. The maximum absolute atomic E-state index is 11.2. The second-order valence-corrected chi connectivity index (χ2v) is 3.09. The summed E-state index contributed by atoms with van der Waals surface area (Å²) in [6.45, 7) is 0. The molecule has 0 aliphatic carbocycles. The van der Waals surface area contributed by atoms with Gasteiger partial charge in [-0.05, 0) is 12.1 Å². The van der Waals surface area contributed by atoms with Gasteiger partial charge < -0.3 is 4.42 Å². The minimum atomic E-state index is -0.610. The van der Waals surface area contributed by atoms with E-state index in [9.17, 15) is 4.79 Å². The Balaban J connectivity index is 2.54. The first kappa shape index (κ1) is 9.28. The summed E-state index contributed by atoms with van der Waals surface area (Å²) in [5, 5.41) is 9.33. The van der Waals surface area contributed by atoms with Crippen molar-refractivity contribution >= 4 is 22.6 Å². The van der Waals surface area contributed by atoms with Gasteiger partial charge in [0.25, 0.3) is 0 Å². The molecule has 0 spiro atoms. The number of amides is 1. The van der Waals surface area contributed by atoms with E-state index in [1.807, 2.05) is 24.3 Å². The van der Waals surface area contributed by atoms with Crippen LogP contribution in [0.5, 0.6) is 0 Å². The van der Waals surface area contributed by atoms with Crippen molar-refractivity contribution in [1.29, 1.82) is 5.26 Å². The first-order chi connectivity index (χ1) is 7.24. The molecule has 1 aromatic carbocycles. The Labute approximate surface area is 86.3 Å². The van der Waals surface area contributed by atoms with Crippen LogP contribution in [0.15, 0.2) is 34.9 Å². The van der Waals surface area contributed by atoms with E-state index >= 15 is 0 Å². The number of nitrogens with zero attached hydrogens (tertiary/aromatic N) is 2. The topological polar surface area (TPSA) is 57.2 Å². The van der Waals surface area contributed by atoms with Gasteiger partial charge in [0.1, 0.15) is 11.8 Å². The van der Waals surface area contributed by atoms with Crippen LogP contribution >= 0.6 is 0 Å². The fourth-order valence-electron chi connectivity index (χ4n) is 1.41. The number of hydrogen-bond acceptors (Lipinski definition) is 3. The van der Waals surface area contributed by atoms with Gasteiger partial charge in [-0.3, -0.25) is 9.69 Å². The second kappa shape index (κ2) is 3.46. The molecule has 0 aliphatic rings. The van der Waals surface area contributed by atoms with Crippen molar-refractivity contribution in [3.05, 3.63) is 30.5 Å². The summed E-state index contributed by atoms with van der Waals surface area (Å²) in [7, 11) is 1.54. The summed E-state index contributed by atoms with van der Waals surface area (Å²) in [6, 6.07) is 8.92. The van der Waals surface area contributed by atoms with Crippen LogP contribution in [0.4, 0.5) is 5.69 Å². The highest BCUT2D eigenvalue weighted by Gasteiger charge is 2.14. The highest BCUT2D eigenvalue weighted by Crippen LogP contribution is 2.27. The maximum Gasteiger partial charge on any atom is 0.329 e. The minimum Gasteiger partial charge on any atom is -0.462 e. The van der Waals surface area contributed by atoms with Crippen LogP contribution in [0, 0.1) is 11.3 Å². The predicted octanol–water partition coefficient (Wildman–Crippen LogP) is 1.92. The largest absolute Gasteiger partial charge is 0.462 e. The summed E-state index contributed by atoms with van der Waals surface area (Å²) in [6.07, 6.45) is 1.47. The minimum absolute atomic E-state index is 0.608. The Kier molecular flexibility index (Phi) is 2.14. The van der Waals surface area contributed by atoms with Crippen molar-refractivity contribution in [3.63, 3.8) is 0 Å². The molecule has 0 N–H and O–H groups in total. The molecule has 0 unspecified atom stereocenters. The zero-order valence-corrected chi connectivity index (χ0v) is 8.10. The maximum atomic E-state index is 11.2. The van der Waals surface area contributed by atoms with E-state index in [-0.39, 0.29) is 0 Å². The quantitative estimate of drug-likeness (QED) is 0.661. The lowest BCUT2D eigenvalue weighted by Gasteiger charge is -2.09. The standard InChI is InChI=1S/C11H8N2O2/c1-13(11(14)6-12)9-7-15-10-5-3-2-4-8(9)10/h2-5,7H,1H3. The van der Waals surface area contributed by atoms with E-state index in [1.165, 1.54) is 11.2 Å². The molecule has 0 atom stereocenters. The van der Waals surface area contributed by atoms with Crippen LogP contribution in [0.3, 0.4) is 0 Å². The van der Waals surface area contributed by atoms with Crippen LogP contribution in [0.25, 0.3) is 11.0 Å². The van der Waals surface area contributed by atoms with Crippen molar-refractivity contribution in [2.75, 3.05) is 11.9 Å². The number of furan rings is 1. The summed E-state index contributed by atoms with van der Waals surface area (Å²) in [5.41, 5.74) is 1.31. The van der Waals surface area contributed by atoms with E-state index in [0.29, 0.717) is 11.3 Å². The summed E-state index contributed by atoms with van der Waals surface area (Å²) in [4.78, 5) is 12.4. The fourth-order valence-corrected chi connectivity index (χ4v) is 1.41. The Hall–Kier alpha value is -2.28. The van der Waals surface area contributed by atoms with E-state index < -0.39 is 5.91 Å². The summed E-state index contributed by atoms with van der Waals surface area (Å²) >= 11 is 0. The Morgan fingerprint density at radius 2 is 2.20 bits per heavy atom. The fraction of sp³-hybridized carbons (Fsp3) is 0.0909. The van der Waals surface area contributed by atoms with Gasteiger partial charge in [0.05, 0.1) is 5.69 Å². The van der Waals surface area contributed by atoms with Gasteiger partial charge in [-0.1, -0.05) is 12.1 Å². The molecule has 1 amide bonds. The van der Waals surface area contributed by atoms with E-state index in [0.717, 1.165) is 5.39 Å². The summed E-state index contributed by atoms with van der Waals surface area (Å²) < 4.78 is 5.26. The highest BCUT2D eigenvalue weighted by atomic mass is 16.3. The number of nitriles is 1. The Morgan fingerprint density at radius 3 is 2.93 bits per heavy atom. The molecule has 0 aliphatic heterocycles. The van der Waals surface area contributed by atoms with Crippen molar-refractivity contribution < 1.29 is 9.21 Å². The van der Waals surface area contributed by atoms with Crippen LogP contribution in [0.2, 0.25) is 0 Å². The number of anilines is 1. The van der Waals surface area contributed by atoms with Crippen LogP contribution in [0.1, 0.15) is 0 Å². The van der Waals surface area contributed by atoms with Gasteiger partial charge in [-0.15, -0.1) is 0 Å². The average molecular weight is 200 g/mol. The molecule has 4 nitrogen and oxygen atoms in total. The molecule has 0 fully saturated rings. The average Bonchev–Trinajstić information content (AvgIpc) is 2.70. The van der Waals surface area contributed by atoms with E-state index in [4.69, 9.17) is 9.68 Å². The van der Waals surface area contributed by atoms with Gasteiger partial charge in [-0.2, -0.15) is 5.26 Å². The smallest absolute Gasteiger partial charge is 0.329 e. The Bertz CT molecular complexity index is 551. The molecular weight excluding hydrogens is 192 g/mol. The number of rotatable bonds is 1. The molecule has 74 valence electrons. The van der Waals surface area contributed by atoms with Gasteiger partial charge >= 0.3 is 5.91 Å². The predicted molar refractivity (Wildman–Crippen MR) is 55.2 cm³/mol. The van der Waals surface area contributed by atoms with Crippen molar-refractivity contribution in [2.24, 2.45) is 0 Å². The molecule has 2 rings (SSSR count). The lowest BCUT2D eigenvalue weighted by molar-refractivity contribution is -0.113. The Morgan fingerprint density at radius 1 is 1.47 bits per heavy atom. The molecule has 1 aromatic heterocycles. The molecule has 1 heterocycles.